The molecule has 0 saturated heterocycles. The molecule has 14 heavy (non-hydrogen) atoms. The van der Waals surface area contributed by atoms with Gasteiger partial charge in [0.2, 0.25) is 0 Å². The number of aryl methyl sites for hydroxylation is 2. The van der Waals surface area contributed by atoms with Gasteiger partial charge in [0.25, 0.3) is 0 Å². The van der Waals surface area contributed by atoms with Crippen molar-refractivity contribution < 1.29 is 5.11 Å². The number of aliphatic hydroxyl groups is 1. The van der Waals surface area contributed by atoms with Gasteiger partial charge in [0.1, 0.15) is 11.1 Å². The SMILES string of the molecule is NCC[C@H](O)c1nc2c(s1)CCCC2. The van der Waals surface area contributed by atoms with Crippen molar-refractivity contribution in [1.29, 1.82) is 0 Å². The summed E-state index contributed by atoms with van der Waals surface area (Å²) in [6, 6.07) is 0. The van der Waals surface area contributed by atoms with E-state index in [0.29, 0.717) is 13.0 Å². The van der Waals surface area contributed by atoms with E-state index in [0.717, 1.165) is 17.8 Å². The van der Waals surface area contributed by atoms with Crippen molar-refractivity contribution in [1.82, 2.24) is 4.98 Å². The van der Waals surface area contributed by atoms with Gasteiger partial charge in [-0.25, -0.2) is 4.98 Å². The summed E-state index contributed by atoms with van der Waals surface area (Å²) in [6.45, 7) is 0.519. The third kappa shape index (κ3) is 1.97. The smallest absolute Gasteiger partial charge is 0.122 e. The van der Waals surface area contributed by atoms with Gasteiger partial charge in [-0.1, -0.05) is 0 Å². The molecule has 0 fully saturated rings. The third-order valence-electron chi connectivity index (χ3n) is 2.59. The molecule has 3 N–H and O–H groups in total. The van der Waals surface area contributed by atoms with E-state index in [1.54, 1.807) is 11.3 Å². The molecule has 2 rings (SSSR count). The topological polar surface area (TPSA) is 59.1 Å². The molecule has 4 heteroatoms. The fourth-order valence-electron chi connectivity index (χ4n) is 1.80. The van der Waals surface area contributed by atoms with Crippen LogP contribution in [0.25, 0.3) is 0 Å². The first kappa shape index (κ1) is 10.1. The molecule has 0 aromatic carbocycles. The van der Waals surface area contributed by atoms with Gasteiger partial charge >= 0.3 is 0 Å². The minimum Gasteiger partial charge on any atom is -0.386 e. The molecule has 0 aliphatic heterocycles. The minimum atomic E-state index is -0.449. The van der Waals surface area contributed by atoms with Crippen LogP contribution in [0, 0.1) is 0 Å². The Labute approximate surface area is 88.0 Å². The van der Waals surface area contributed by atoms with Gasteiger partial charge in [0, 0.05) is 4.88 Å². The van der Waals surface area contributed by atoms with E-state index in [1.165, 1.54) is 23.4 Å². The molecule has 1 aliphatic rings. The van der Waals surface area contributed by atoms with Crippen molar-refractivity contribution in [2.24, 2.45) is 5.73 Å². The summed E-state index contributed by atoms with van der Waals surface area (Å²) in [5.74, 6) is 0. The van der Waals surface area contributed by atoms with Crippen LogP contribution < -0.4 is 5.73 Å². The lowest BCUT2D eigenvalue weighted by molar-refractivity contribution is 0.169. The van der Waals surface area contributed by atoms with Crippen molar-refractivity contribution in [3.05, 3.63) is 15.6 Å². The van der Waals surface area contributed by atoms with Crippen molar-refractivity contribution in [2.75, 3.05) is 6.54 Å². The van der Waals surface area contributed by atoms with Crippen LogP contribution in [0.5, 0.6) is 0 Å². The Kier molecular flexibility index (Phi) is 3.15. The number of hydrogen-bond donors (Lipinski definition) is 2. The van der Waals surface area contributed by atoms with Crippen LogP contribution in [0.15, 0.2) is 0 Å². The zero-order valence-corrected chi connectivity index (χ0v) is 9.02. The Bertz CT molecular complexity index is 288. The number of fused-ring (bicyclic) bond motifs is 1. The molecule has 0 bridgehead atoms. The Hall–Kier alpha value is -0.450. The Morgan fingerprint density at radius 1 is 1.43 bits per heavy atom. The molecule has 1 aliphatic carbocycles. The molecule has 1 aromatic heterocycles. The van der Waals surface area contributed by atoms with Crippen molar-refractivity contribution in [3.8, 4) is 0 Å². The van der Waals surface area contributed by atoms with Crippen LogP contribution in [0.1, 0.15) is 40.9 Å². The van der Waals surface area contributed by atoms with Gasteiger partial charge in [-0.15, -0.1) is 11.3 Å². The Morgan fingerprint density at radius 2 is 2.21 bits per heavy atom. The lowest BCUT2D eigenvalue weighted by atomic mass is 10.0. The van der Waals surface area contributed by atoms with Crippen LogP contribution in [0.3, 0.4) is 0 Å². The molecular weight excluding hydrogens is 196 g/mol. The van der Waals surface area contributed by atoms with E-state index in [1.807, 2.05) is 0 Å². The number of aromatic nitrogens is 1. The molecule has 0 unspecified atom stereocenters. The number of rotatable bonds is 3. The number of nitrogens with zero attached hydrogens (tertiary/aromatic N) is 1. The number of aliphatic hydroxyl groups excluding tert-OH is 1. The lowest BCUT2D eigenvalue weighted by Gasteiger charge is -2.06. The molecule has 0 spiro atoms. The molecule has 1 aromatic rings. The van der Waals surface area contributed by atoms with E-state index >= 15 is 0 Å². The van der Waals surface area contributed by atoms with Gasteiger partial charge in [-0.3, -0.25) is 0 Å². The Morgan fingerprint density at radius 3 is 2.93 bits per heavy atom. The van der Waals surface area contributed by atoms with Gasteiger partial charge in [0.05, 0.1) is 5.69 Å². The summed E-state index contributed by atoms with van der Waals surface area (Å²) < 4.78 is 0. The second-order valence-electron chi connectivity index (χ2n) is 3.72. The summed E-state index contributed by atoms with van der Waals surface area (Å²) in [5, 5.41) is 10.6. The highest BCUT2D eigenvalue weighted by atomic mass is 32.1. The van der Waals surface area contributed by atoms with E-state index in [4.69, 9.17) is 5.73 Å². The maximum atomic E-state index is 9.74. The van der Waals surface area contributed by atoms with Crippen LogP contribution in [-0.2, 0) is 12.8 Å². The van der Waals surface area contributed by atoms with Crippen LogP contribution in [0.4, 0.5) is 0 Å². The van der Waals surface area contributed by atoms with E-state index < -0.39 is 6.10 Å². The summed E-state index contributed by atoms with van der Waals surface area (Å²) in [7, 11) is 0. The van der Waals surface area contributed by atoms with Gasteiger partial charge in [-0.2, -0.15) is 0 Å². The zero-order chi connectivity index (χ0) is 9.97. The van der Waals surface area contributed by atoms with Crippen molar-refractivity contribution in [3.63, 3.8) is 0 Å². The molecule has 0 amide bonds. The Balaban J connectivity index is 2.15. The molecule has 0 saturated carbocycles. The van der Waals surface area contributed by atoms with Gasteiger partial charge in [0.15, 0.2) is 0 Å². The first-order chi connectivity index (χ1) is 6.81. The number of nitrogens with two attached hydrogens (primary N) is 1. The first-order valence-electron chi connectivity index (χ1n) is 5.18. The molecule has 1 atom stereocenters. The number of hydrogen-bond acceptors (Lipinski definition) is 4. The fraction of sp³-hybridized carbons (Fsp3) is 0.700. The molecule has 0 radical (unpaired) electrons. The van der Waals surface area contributed by atoms with Crippen molar-refractivity contribution >= 4 is 11.3 Å². The fourth-order valence-corrected chi connectivity index (χ4v) is 2.97. The quantitative estimate of drug-likeness (QED) is 0.796. The minimum absolute atomic E-state index is 0.449. The average molecular weight is 212 g/mol. The largest absolute Gasteiger partial charge is 0.386 e. The van der Waals surface area contributed by atoms with E-state index in [9.17, 15) is 5.11 Å². The highest BCUT2D eigenvalue weighted by molar-refractivity contribution is 7.11. The van der Waals surface area contributed by atoms with Crippen LogP contribution >= 0.6 is 11.3 Å². The second kappa shape index (κ2) is 4.38. The highest BCUT2D eigenvalue weighted by Crippen LogP contribution is 2.30. The molecule has 1 heterocycles. The molecule has 78 valence electrons. The molecule has 3 nitrogen and oxygen atoms in total. The zero-order valence-electron chi connectivity index (χ0n) is 8.20. The maximum absolute atomic E-state index is 9.74. The summed E-state index contributed by atoms with van der Waals surface area (Å²) in [5.41, 5.74) is 6.62. The monoisotopic (exact) mass is 212 g/mol. The van der Waals surface area contributed by atoms with Crippen molar-refractivity contribution in [2.45, 2.75) is 38.2 Å². The lowest BCUT2D eigenvalue weighted by Crippen LogP contribution is -2.06. The van der Waals surface area contributed by atoms with E-state index in [2.05, 4.69) is 4.98 Å². The highest BCUT2D eigenvalue weighted by Gasteiger charge is 2.18. The first-order valence-corrected chi connectivity index (χ1v) is 5.99. The predicted molar refractivity (Wildman–Crippen MR) is 57.4 cm³/mol. The third-order valence-corrected chi connectivity index (χ3v) is 3.85. The van der Waals surface area contributed by atoms with E-state index in [-0.39, 0.29) is 0 Å². The van der Waals surface area contributed by atoms with Gasteiger partial charge in [-0.05, 0) is 38.6 Å². The number of thiazole rings is 1. The second-order valence-corrected chi connectivity index (χ2v) is 4.84. The average Bonchev–Trinajstić information content (AvgIpc) is 2.61. The summed E-state index contributed by atoms with van der Waals surface area (Å²) in [4.78, 5) is 5.86. The summed E-state index contributed by atoms with van der Waals surface area (Å²) in [6.07, 6.45) is 4.90. The molecular formula is C10H16N2OS. The normalized spacial score (nSPS) is 17.9. The summed E-state index contributed by atoms with van der Waals surface area (Å²) >= 11 is 1.67. The van der Waals surface area contributed by atoms with Gasteiger partial charge < -0.3 is 10.8 Å². The van der Waals surface area contributed by atoms with Crippen LogP contribution in [0.2, 0.25) is 0 Å². The predicted octanol–water partition coefficient (Wildman–Crippen LogP) is 1.40. The van der Waals surface area contributed by atoms with Crippen LogP contribution in [-0.4, -0.2) is 16.6 Å². The standard InChI is InChI=1S/C10H16N2OS/c11-6-5-8(13)10-12-7-3-1-2-4-9(7)14-10/h8,13H,1-6,11H2/t8-/m0/s1. The maximum Gasteiger partial charge on any atom is 0.122 e.